The van der Waals surface area contributed by atoms with Crippen molar-refractivity contribution < 1.29 is 4.79 Å². The van der Waals surface area contributed by atoms with Gasteiger partial charge in [-0.15, -0.1) is 0 Å². The van der Waals surface area contributed by atoms with Crippen LogP contribution in [-0.4, -0.2) is 34.2 Å². The highest BCUT2D eigenvalue weighted by Gasteiger charge is 2.22. The van der Waals surface area contributed by atoms with Gasteiger partial charge in [0.1, 0.15) is 6.33 Å². The van der Waals surface area contributed by atoms with Crippen LogP contribution in [0.2, 0.25) is 0 Å². The van der Waals surface area contributed by atoms with Gasteiger partial charge in [0.15, 0.2) is 0 Å². The first kappa shape index (κ1) is 8.86. The van der Waals surface area contributed by atoms with E-state index in [1.807, 2.05) is 11.7 Å². The van der Waals surface area contributed by atoms with Crippen molar-refractivity contribution in [2.45, 2.75) is 13.0 Å². The second-order valence-corrected chi connectivity index (χ2v) is 3.24. The molecule has 1 aliphatic heterocycles. The molecular formula is C8H13N5O. The van der Waals surface area contributed by atoms with E-state index in [-0.39, 0.29) is 6.03 Å². The minimum absolute atomic E-state index is 0.380. The number of carbonyl (C=O) groups excluding carboxylic acids is 1. The summed E-state index contributed by atoms with van der Waals surface area (Å²) in [4.78, 5) is 16.7. The van der Waals surface area contributed by atoms with Gasteiger partial charge in [-0.05, 0) is 0 Å². The van der Waals surface area contributed by atoms with Crippen molar-refractivity contribution in [1.82, 2.24) is 14.6 Å². The summed E-state index contributed by atoms with van der Waals surface area (Å²) in [5, 5.41) is 0. The summed E-state index contributed by atoms with van der Waals surface area (Å²) < 4.78 is 1.87. The Hall–Kier alpha value is -1.72. The number of nitrogens with zero attached hydrogens (tertiary/aromatic N) is 3. The monoisotopic (exact) mass is 195 g/mol. The zero-order chi connectivity index (χ0) is 10.1. The predicted molar refractivity (Wildman–Crippen MR) is 51.2 cm³/mol. The van der Waals surface area contributed by atoms with Crippen molar-refractivity contribution in [3.8, 4) is 0 Å². The molecular weight excluding hydrogens is 182 g/mol. The van der Waals surface area contributed by atoms with Crippen molar-refractivity contribution in [2.75, 3.05) is 19.0 Å². The van der Waals surface area contributed by atoms with E-state index in [1.165, 1.54) is 0 Å². The number of carbonyl (C=O) groups is 1. The Bertz CT molecular complexity index is 359. The minimum atomic E-state index is -0.380. The molecule has 76 valence electrons. The SMILES string of the molecule is CNn1cnc2c1CCN(C(N)=O)C2. The molecule has 14 heavy (non-hydrogen) atoms. The van der Waals surface area contributed by atoms with Crippen molar-refractivity contribution in [3.05, 3.63) is 17.7 Å². The second-order valence-electron chi connectivity index (χ2n) is 3.24. The molecule has 0 unspecified atom stereocenters. The Morgan fingerprint density at radius 1 is 1.71 bits per heavy atom. The summed E-state index contributed by atoms with van der Waals surface area (Å²) in [5.41, 5.74) is 10.2. The highest BCUT2D eigenvalue weighted by atomic mass is 16.2. The highest BCUT2D eigenvalue weighted by Crippen LogP contribution is 2.16. The fraction of sp³-hybridized carbons (Fsp3) is 0.500. The van der Waals surface area contributed by atoms with Crippen molar-refractivity contribution in [1.29, 1.82) is 0 Å². The first-order valence-electron chi connectivity index (χ1n) is 4.49. The summed E-state index contributed by atoms with van der Waals surface area (Å²) in [5.74, 6) is 0. The lowest BCUT2D eigenvalue weighted by atomic mass is 10.1. The maximum Gasteiger partial charge on any atom is 0.315 e. The van der Waals surface area contributed by atoms with Crippen molar-refractivity contribution >= 4 is 6.03 Å². The van der Waals surface area contributed by atoms with Crippen LogP contribution in [0.5, 0.6) is 0 Å². The van der Waals surface area contributed by atoms with Gasteiger partial charge in [-0.1, -0.05) is 0 Å². The standard InChI is InChI=1S/C8H13N5O/c1-10-13-5-11-6-4-12(8(9)14)3-2-7(6)13/h5,10H,2-4H2,1H3,(H2,9,14). The molecule has 0 saturated carbocycles. The van der Waals surface area contributed by atoms with Gasteiger partial charge in [0.2, 0.25) is 0 Å². The number of primary amides is 1. The van der Waals surface area contributed by atoms with Gasteiger partial charge in [0.25, 0.3) is 0 Å². The van der Waals surface area contributed by atoms with E-state index in [9.17, 15) is 4.79 Å². The van der Waals surface area contributed by atoms with Crippen LogP contribution in [-0.2, 0) is 13.0 Å². The number of rotatable bonds is 1. The maximum atomic E-state index is 10.9. The number of nitrogens with one attached hydrogen (secondary N) is 1. The first-order valence-corrected chi connectivity index (χ1v) is 4.49. The Labute approximate surface area is 81.7 Å². The normalized spacial score (nSPS) is 15.1. The number of imidazole rings is 1. The molecule has 1 aliphatic rings. The molecule has 0 bridgehead atoms. The van der Waals surface area contributed by atoms with E-state index in [0.717, 1.165) is 17.8 Å². The molecule has 0 atom stereocenters. The van der Waals surface area contributed by atoms with Gasteiger partial charge in [-0.25, -0.2) is 9.78 Å². The van der Waals surface area contributed by atoms with Crippen LogP contribution in [0, 0.1) is 0 Å². The molecule has 0 spiro atoms. The molecule has 0 aromatic carbocycles. The molecule has 0 aliphatic carbocycles. The molecule has 6 nitrogen and oxygen atoms in total. The third-order valence-corrected chi connectivity index (χ3v) is 2.46. The third kappa shape index (κ3) is 1.28. The fourth-order valence-electron chi connectivity index (χ4n) is 1.69. The lowest BCUT2D eigenvalue weighted by molar-refractivity contribution is 0.201. The van der Waals surface area contributed by atoms with E-state index in [1.54, 1.807) is 11.2 Å². The number of hydrogen-bond donors (Lipinski definition) is 2. The Balaban J connectivity index is 2.24. The zero-order valence-corrected chi connectivity index (χ0v) is 8.03. The number of hydrogen-bond acceptors (Lipinski definition) is 3. The van der Waals surface area contributed by atoms with E-state index < -0.39 is 0 Å². The molecule has 6 heteroatoms. The van der Waals surface area contributed by atoms with Gasteiger partial charge in [-0.3, -0.25) is 4.68 Å². The van der Waals surface area contributed by atoms with E-state index >= 15 is 0 Å². The van der Waals surface area contributed by atoms with Crippen LogP contribution >= 0.6 is 0 Å². The average Bonchev–Trinajstić information content (AvgIpc) is 2.59. The smallest absolute Gasteiger partial charge is 0.315 e. The van der Waals surface area contributed by atoms with Crippen LogP contribution in [0.15, 0.2) is 6.33 Å². The summed E-state index contributed by atoms with van der Waals surface area (Å²) in [6, 6.07) is -0.380. The van der Waals surface area contributed by atoms with Crippen LogP contribution in [0.4, 0.5) is 4.79 Å². The van der Waals surface area contributed by atoms with Gasteiger partial charge in [-0.2, -0.15) is 0 Å². The van der Waals surface area contributed by atoms with Gasteiger partial charge < -0.3 is 16.1 Å². The van der Waals surface area contributed by atoms with E-state index in [4.69, 9.17) is 5.73 Å². The molecule has 2 heterocycles. The summed E-state index contributed by atoms with van der Waals surface area (Å²) in [7, 11) is 1.84. The molecule has 1 aromatic rings. The summed E-state index contributed by atoms with van der Waals surface area (Å²) in [6.45, 7) is 1.18. The van der Waals surface area contributed by atoms with E-state index in [2.05, 4.69) is 10.4 Å². The van der Waals surface area contributed by atoms with Crippen LogP contribution in [0.3, 0.4) is 0 Å². The molecule has 3 N–H and O–H groups in total. The van der Waals surface area contributed by atoms with Crippen molar-refractivity contribution in [2.24, 2.45) is 5.73 Å². The van der Waals surface area contributed by atoms with E-state index in [0.29, 0.717) is 13.1 Å². The number of aromatic nitrogens is 2. The highest BCUT2D eigenvalue weighted by molar-refractivity contribution is 5.72. The maximum absolute atomic E-state index is 10.9. The van der Waals surface area contributed by atoms with Gasteiger partial charge >= 0.3 is 6.03 Å². The first-order chi connectivity index (χ1) is 6.72. The minimum Gasteiger partial charge on any atom is -0.351 e. The lowest BCUT2D eigenvalue weighted by Crippen LogP contribution is -2.40. The number of urea groups is 1. The summed E-state index contributed by atoms with van der Waals surface area (Å²) >= 11 is 0. The van der Waals surface area contributed by atoms with Crippen LogP contribution in [0.1, 0.15) is 11.4 Å². The Morgan fingerprint density at radius 2 is 2.50 bits per heavy atom. The predicted octanol–water partition coefficient (Wildman–Crippen LogP) is -0.507. The Kier molecular flexibility index (Phi) is 2.03. The number of nitrogens with two attached hydrogens (primary N) is 1. The molecule has 0 radical (unpaired) electrons. The molecule has 2 amide bonds. The fourth-order valence-corrected chi connectivity index (χ4v) is 1.69. The van der Waals surface area contributed by atoms with Gasteiger partial charge in [0, 0.05) is 20.0 Å². The summed E-state index contributed by atoms with van der Waals surface area (Å²) in [6.07, 6.45) is 2.51. The third-order valence-electron chi connectivity index (χ3n) is 2.46. The second kappa shape index (κ2) is 3.21. The molecule has 0 saturated heterocycles. The number of amides is 2. The topological polar surface area (TPSA) is 76.2 Å². The molecule has 0 fully saturated rings. The lowest BCUT2D eigenvalue weighted by Gasteiger charge is -2.25. The van der Waals surface area contributed by atoms with Crippen molar-refractivity contribution in [3.63, 3.8) is 0 Å². The molecule has 2 rings (SSSR count). The average molecular weight is 195 g/mol. The largest absolute Gasteiger partial charge is 0.351 e. The van der Waals surface area contributed by atoms with Crippen LogP contribution < -0.4 is 11.2 Å². The molecule has 1 aromatic heterocycles. The quantitative estimate of drug-likeness (QED) is 0.634. The van der Waals surface area contributed by atoms with Crippen LogP contribution in [0.25, 0.3) is 0 Å². The zero-order valence-electron chi connectivity index (χ0n) is 8.03. The van der Waals surface area contributed by atoms with Gasteiger partial charge in [0.05, 0.1) is 17.9 Å². The number of fused-ring (bicyclic) bond motifs is 1. The Morgan fingerprint density at radius 3 is 3.14 bits per heavy atom.